The molecule has 2 heterocycles. The van der Waals surface area contributed by atoms with E-state index in [1.54, 1.807) is 51.1 Å². The van der Waals surface area contributed by atoms with Crippen LogP contribution in [0.2, 0.25) is 0 Å². The number of hydroxylamine groups is 2. The van der Waals surface area contributed by atoms with Crippen LogP contribution in [0.15, 0.2) is 30.3 Å². The van der Waals surface area contributed by atoms with Gasteiger partial charge in [0.2, 0.25) is 6.43 Å². The van der Waals surface area contributed by atoms with Crippen LogP contribution >= 0.6 is 0 Å². The van der Waals surface area contributed by atoms with Crippen molar-refractivity contribution in [2.45, 2.75) is 32.8 Å². The fraction of sp³-hybridized carbons (Fsp3) is 0.579. The van der Waals surface area contributed by atoms with Gasteiger partial charge < -0.3 is 14.5 Å². The van der Waals surface area contributed by atoms with E-state index in [0.29, 0.717) is 5.56 Å². The molecule has 0 aliphatic carbocycles. The summed E-state index contributed by atoms with van der Waals surface area (Å²) in [6.07, 6.45) is -3.08. The van der Waals surface area contributed by atoms with Gasteiger partial charge in [-0.15, -0.1) is 5.06 Å². The molecule has 1 aromatic carbocycles. The van der Waals surface area contributed by atoms with Crippen LogP contribution in [-0.2, 0) is 9.57 Å². The molecule has 0 N–H and O–H groups in total. The van der Waals surface area contributed by atoms with E-state index in [0.717, 1.165) is 0 Å². The van der Waals surface area contributed by atoms with Gasteiger partial charge in [0, 0.05) is 37.5 Å². The summed E-state index contributed by atoms with van der Waals surface area (Å²) in [6.45, 7) is 5.69. The van der Waals surface area contributed by atoms with Crippen molar-refractivity contribution in [1.82, 2.24) is 9.96 Å². The number of rotatable bonds is 3. The Morgan fingerprint density at radius 3 is 2.33 bits per heavy atom. The smallest absolute Gasteiger partial charge is 0.410 e. The number of alkyl halides is 2. The second-order valence-corrected chi connectivity index (χ2v) is 8.21. The van der Waals surface area contributed by atoms with Crippen LogP contribution in [0.1, 0.15) is 31.1 Å². The van der Waals surface area contributed by atoms with Crippen LogP contribution in [0.3, 0.4) is 0 Å². The second kappa shape index (κ2) is 7.07. The molecule has 6 nitrogen and oxygen atoms in total. The van der Waals surface area contributed by atoms with Gasteiger partial charge in [-0.1, -0.05) is 18.2 Å². The fourth-order valence-electron chi connectivity index (χ4n) is 3.61. The van der Waals surface area contributed by atoms with E-state index in [9.17, 15) is 18.4 Å². The summed E-state index contributed by atoms with van der Waals surface area (Å²) in [5.41, 5.74) is -1.08. The molecule has 0 bridgehead atoms. The lowest BCUT2D eigenvalue weighted by molar-refractivity contribution is -0.111. The molecule has 8 heteroatoms. The quantitative estimate of drug-likeness (QED) is 0.804. The van der Waals surface area contributed by atoms with E-state index < -0.39 is 35.4 Å². The highest BCUT2D eigenvalue weighted by atomic mass is 19.3. The molecule has 0 aromatic heterocycles. The van der Waals surface area contributed by atoms with E-state index in [-0.39, 0.29) is 26.2 Å². The van der Waals surface area contributed by atoms with Crippen LogP contribution in [-0.4, -0.2) is 60.2 Å². The SMILES string of the molecule is CC(C)(C)OC(=O)N1CC2(CN(OC(=O)c3ccccc3)CC2C(F)F)C1. The highest BCUT2D eigenvalue weighted by molar-refractivity contribution is 5.89. The molecule has 2 saturated heterocycles. The molecule has 1 amide bonds. The summed E-state index contributed by atoms with van der Waals surface area (Å²) in [4.78, 5) is 31.0. The second-order valence-electron chi connectivity index (χ2n) is 8.21. The van der Waals surface area contributed by atoms with Gasteiger partial charge in [0.15, 0.2) is 0 Å². The van der Waals surface area contributed by atoms with Crippen LogP contribution in [0.5, 0.6) is 0 Å². The van der Waals surface area contributed by atoms with Crippen LogP contribution in [0.4, 0.5) is 13.6 Å². The number of ether oxygens (including phenoxy) is 1. The van der Waals surface area contributed by atoms with Crippen molar-refractivity contribution in [3.05, 3.63) is 35.9 Å². The molecule has 2 fully saturated rings. The molecule has 0 saturated carbocycles. The maximum Gasteiger partial charge on any atom is 0.410 e. The van der Waals surface area contributed by atoms with Gasteiger partial charge in [-0.05, 0) is 32.9 Å². The molecule has 2 aliphatic rings. The van der Waals surface area contributed by atoms with E-state index in [2.05, 4.69) is 0 Å². The topological polar surface area (TPSA) is 59.1 Å². The molecular formula is C19H24F2N2O4. The van der Waals surface area contributed by atoms with Crippen molar-refractivity contribution in [2.24, 2.45) is 11.3 Å². The first-order chi connectivity index (χ1) is 12.6. The Hall–Kier alpha value is -2.22. The third-order valence-electron chi connectivity index (χ3n) is 4.87. The normalized spacial score (nSPS) is 22.0. The van der Waals surface area contributed by atoms with E-state index in [4.69, 9.17) is 9.57 Å². The summed E-state index contributed by atoms with van der Waals surface area (Å²) in [7, 11) is 0. The van der Waals surface area contributed by atoms with Gasteiger partial charge in [-0.3, -0.25) is 0 Å². The lowest BCUT2D eigenvalue weighted by Gasteiger charge is -2.50. The first kappa shape index (κ1) is 19.5. The van der Waals surface area contributed by atoms with Crippen molar-refractivity contribution in [3.8, 4) is 0 Å². The fourth-order valence-corrected chi connectivity index (χ4v) is 3.61. The summed E-state index contributed by atoms with van der Waals surface area (Å²) in [6, 6.07) is 8.39. The summed E-state index contributed by atoms with van der Waals surface area (Å²) in [5, 5.41) is 1.29. The Balaban J connectivity index is 1.63. The number of halogens is 2. The van der Waals surface area contributed by atoms with E-state index >= 15 is 0 Å². The van der Waals surface area contributed by atoms with Gasteiger partial charge in [-0.2, -0.15) is 0 Å². The Kier molecular flexibility index (Phi) is 5.12. The molecule has 2 aliphatic heterocycles. The summed E-state index contributed by atoms with van der Waals surface area (Å²) in [5.74, 6) is -1.55. The van der Waals surface area contributed by atoms with E-state index in [1.807, 2.05) is 0 Å². The number of amides is 1. The molecule has 1 unspecified atom stereocenters. The molecule has 1 atom stereocenters. The van der Waals surface area contributed by atoms with Gasteiger partial charge in [0.25, 0.3) is 0 Å². The summed E-state index contributed by atoms with van der Waals surface area (Å²) >= 11 is 0. The average Bonchev–Trinajstić information content (AvgIpc) is 2.92. The highest BCUT2D eigenvalue weighted by Gasteiger charge is 2.59. The first-order valence-corrected chi connectivity index (χ1v) is 8.88. The van der Waals surface area contributed by atoms with Gasteiger partial charge in [-0.25, -0.2) is 18.4 Å². The van der Waals surface area contributed by atoms with Crippen LogP contribution < -0.4 is 0 Å². The largest absolute Gasteiger partial charge is 0.444 e. The van der Waals surface area contributed by atoms with Crippen LogP contribution in [0.25, 0.3) is 0 Å². The number of likely N-dealkylation sites (tertiary alicyclic amines) is 1. The Morgan fingerprint density at radius 1 is 1.15 bits per heavy atom. The van der Waals surface area contributed by atoms with Crippen molar-refractivity contribution >= 4 is 12.1 Å². The maximum absolute atomic E-state index is 13.6. The zero-order valence-electron chi connectivity index (χ0n) is 15.7. The summed E-state index contributed by atoms with van der Waals surface area (Å²) < 4.78 is 32.5. The Labute approximate surface area is 157 Å². The molecule has 3 rings (SSSR count). The molecule has 0 radical (unpaired) electrons. The number of benzene rings is 1. The third-order valence-corrected chi connectivity index (χ3v) is 4.87. The number of carbonyl (C=O) groups excluding carboxylic acids is 2. The maximum atomic E-state index is 13.6. The van der Waals surface area contributed by atoms with Crippen LogP contribution in [0, 0.1) is 11.3 Å². The molecule has 1 aromatic rings. The minimum Gasteiger partial charge on any atom is -0.444 e. The van der Waals surface area contributed by atoms with Crippen molar-refractivity contribution in [3.63, 3.8) is 0 Å². The van der Waals surface area contributed by atoms with Gasteiger partial charge in [0.1, 0.15) is 5.60 Å². The first-order valence-electron chi connectivity index (χ1n) is 8.88. The predicted octanol–water partition coefficient (Wildman–Crippen LogP) is 3.19. The Bertz CT molecular complexity index is 699. The number of nitrogens with zero attached hydrogens (tertiary/aromatic N) is 2. The highest BCUT2D eigenvalue weighted by Crippen LogP contribution is 2.47. The van der Waals surface area contributed by atoms with Crippen molar-refractivity contribution in [2.75, 3.05) is 26.2 Å². The molecule has 27 heavy (non-hydrogen) atoms. The number of hydrogen-bond acceptors (Lipinski definition) is 5. The van der Waals surface area contributed by atoms with Crippen molar-refractivity contribution in [1.29, 1.82) is 0 Å². The molecule has 1 spiro atoms. The minimum atomic E-state index is -2.56. The average molecular weight is 382 g/mol. The standard InChI is InChI=1S/C19H24F2N2O4/c1-18(2,3)26-17(25)22-10-19(11-22)12-23(9-14(19)15(20)21)27-16(24)13-7-5-4-6-8-13/h4-8,14-15H,9-12H2,1-3H3. The lowest BCUT2D eigenvalue weighted by Crippen LogP contribution is -2.63. The Morgan fingerprint density at radius 2 is 1.78 bits per heavy atom. The zero-order chi connectivity index (χ0) is 19.8. The monoisotopic (exact) mass is 382 g/mol. The number of hydrogen-bond donors (Lipinski definition) is 0. The van der Waals surface area contributed by atoms with E-state index in [1.165, 1.54) is 9.96 Å². The van der Waals surface area contributed by atoms with Crippen molar-refractivity contribution < 1.29 is 27.9 Å². The zero-order valence-corrected chi connectivity index (χ0v) is 15.7. The van der Waals surface area contributed by atoms with Gasteiger partial charge >= 0.3 is 12.1 Å². The predicted molar refractivity (Wildman–Crippen MR) is 93.2 cm³/mol. The molecule has 148 valence electrons. The molecular weight excluding hydrogens is 358 g/mol. The third kappa shape index (κ3) is 4.21. The number of carbonyl (C=O) groups is 2. The lowest BCUT2D eigenvalue weighted by atomic mass is 9.72. The minimum absolute atomic E-state index is 0.0571. The van der Waals surface area contributed by atoms with Gasteiger partial charge in [0.05, 0.1) is 5.56 Å².